The van der Waals surface area contributed by atoms with E-state index in [1.165, 1.54) is 148 Å². The minimum Gasteiger partial charge on any atom is -0.462 e. The molecule has 0 saturated heterocycles. The Morgan fingerprint density at radius 1 is 0.318 bits per heavy atom. The molecular weight excluding hydrogens is 1130 g/mol. The summed E-state index contributed by atoms with van der Waals surface area (Å²) in [5, 5.41) is 10.5. The molecular formula is C66H128O17P2. The topological polar surface area (TPSA) is 237 Å². The summed E-state index contributed by atoms with van der Waals surface area (Å²) in [7, 11) is -9.89. The first-order chi connectivity index (χ1) is 40.9. The quantitative estimate of drug-likeness (QED) is 0.0222. The van der Waals surface area contributed by atoms with E-state index in [4.69, 9.17) is 37.0 Å². The van der Waals surface area contributed by atoms with Crippen molar-refractivity contribution in [1.29, 1.82) is 0 Å². The normalized spacial score (nSPS) is 14.2. The van der Waals surface area contributed by atoms with E-state index in [1.54, 1.807) is 0 Å². The van der Waals surface area contributed by atoms with Gasteiger partial charge in [-0.1, -0.05) is 279 Å². The molecule has 0 aromatic heterocycles. The lowest BCUT2D eigenvalue weighted by molar-refractivity contribution is -0.161. The third-order valence-corrected chi connectivity index (χ3v) is 17.1. The van der Waals surface area contributed by atoms with E-state index in [2.05, 4.69) is 41.5 Å². The highest BCUT2D eigenvalue weighted by molar-refractivity contribution is 7.47. The van der Waals surface area contributed by atoms with Crippen molar-refractivity contribution in [3.8, 4) is 0 Å². The first kappa shape index (κ1) is 83.1. The number of carbonyl (C=O) groups is 4. The summed E-state index contributed by atoms with van der Waals surface area (Å²) < 4.78 is 68.1. The van der Waals surface area contributed by atoms with Crippen LogP contribution in [-0.2, 0) is 65.4 Å². The number of phosphoric acid groups is 2. The molecule has 0 spiro atoms. The van der Waals surface area contributed by atoms with Crippen LogP contribution in [0.1, 0.15) is 330 Å². The maximum Gasteiger partial charge on any atom is 0.472 e. The standard InChI is InChI=1S/C66H128O17P2/c1-7-9-11-13-15-17-24-30-36-42-48-63(68)76-54-61(82-65(70)50-44-38-32-25-18-16-14-12-10-8-2)56-80-84(72,73)78-52-60(67)53-79-85(74,75)81-57-62(55-77-64(69)49-43-37-31-27-21-23-29-35-41-47-59(5)6)83-66(71)51-45-39-33-26-20-19-22-28-34-40-46-58(3)4/h58-62,67H,7-57H2,1-6H3,(H,72,73)(H,74,75)/t60-,61+,62+/m0/s1. The molecule has 0 fully saturated rings. The van der Waals surface area contributed by atoms with Crippen molar-refractivity contribution >= 4 is 39.5 Å². The van der Waals surface area contributed by atoms with Crippen molar-refractivity contribution in [2.45, 2.75) is 349 Å². The minimum atomic E-state index is -4.95. The fourth-order valence-corrected chi connectivity index (χ4v) is 11.5. The number of hydrogen-bond acceptors (Lipinski definition) is 15. The number of unbranched alkanes of at least 4 members (excludes halogenated alkanes) is 35. The van der Waals surface area contributed by atoms with Gasteiger partial charge < -0.3 is 33.8 Å². The molecule has 19 heteroatoms. The molecule has 504 valence electrons. The molecule has 0 rings (SSSR count). The van der Waals surface area contributed by atoms with E-state index in [0.29, 0.717) is 25.7 Å². The maximum atomic E-state index is 13.0. The van der Waals surface area contributed by atoms with Crippen LogP contribution in [-0.4, -0.2) is 96.7 Å². The summed E-state index contributed by atoms with van der Waals surface area (Å²) in [5.41, 5.74) is 0. The molecule has 0 aromatic carbocycles. The molecule has 2 unspecified atom stereocenters. The van der Waals surface area contributed by atoms with Crippen LogP contribution in [0.25, 0.3) is 0 Å². The number of carbonyl (C=O) groups excluding carboxylic acids is 4. The van der Waals surface area contributed by atoms with E-state index >= 15 is 0 Å². The molecule has 85 heavy (non-hydrogen) atoms. The van der Waals surface area contributed by atoms with Crippen LogP contribution in [0.4, 0.5) is 0 Å². The van der Waals surface area contributed by atoms with Crippen molar-refractivity contribution in [1.82, 2.24) is 0 Å². The second-order valence-corrected chi connectivity index (χ2v) is 27.7. The summed E-state index contributed by atoms with van der Waals surface area (Å²) in [6, 6.07) is 0. The van der Waals surface area contributed by atoms with Crippen molar-refractivity contribution in [2.24, 2.45) is 11.8 Å². The van der Waals surface area contributed by atoms with Crippen LogP contribution in [0.15, 0.2) is 0 Å². The van der Waals surface area contributed by atoms with Crippen molar-refractivity contribution in [3.05, 3.63) is 0 Å². The highest BCUT2D eigenvalue weighted by atomic mass is 31.2. The smallest absolute Gasteiger partial charge is 0.462 e. The first-order valence-corrected chi connectivity index (χ1v) is 37.5. The Bertz CT molecular complexity index is 1670. The van der Waals surface area contributed by atoms with Gasteiger partial charge in [0.2, 0.25) is 0 Å². The molecule has 0 amide bonds. The fraction of sp³-hybridized carbons (Fsp3) is 0.939. The zero-order valence-electron chi connectivity index (χ0n) is 54.9. The minimum absolute atomic E-state index is 0.105. The van der Waals surface area contributed by atoms with Crippen LogP contribution < -0.4 is 0 Å². The average molecular weight is 1260 g/mol. The SMILES string of the molecule is CCCCCCCCCCCCC(=O)OC[C@H](COP(=O)(O)OC[C@H](O)COP(=O)(O)OC[C@@H](COC(=O)CCCCCCCCCCCC(C)C)OC(=O)CCCCCCCCCCCCC(C)C)OC(=O)CCCCCCCCCCCC. The van der Waals surface area contributed by atoms with Gasteiger partial charge in [-0.15, -0.1) is 0 Å². The van der Waals surface area contributed by atoms with Crippen LogP contribution >= 0.6 is 15.6 Å². The average Bonchev–Trinajstić information content (AvgIpc) is 3.49. The molecule has 0 aromatic rings. The summed E-state index contributed by atoms with van der Waals surface area (Å²) in [6.07, 6.45) is 41.6. The van der Waals surface area contributed by atoms with Gasteiger partial charge in [0.05, 0.1) is 26.4 Å². The van der Waals surface area contributed by atoms with Gasteiger partial charge in [0.1, 0.15) is 19.3 Å². The zero-order valence-corrected chi connectivity index (χ0v) is 56.7. The van der Waals surface area contributed by atoms with E-state index in [-0.39, 0.29) is 25.7 Å². The summed E-state index contributed by atoms with van der Waals surface area (Å²) >= 11 is 0. The molecule has 0 aliphatic heterocycles. The molecule has 0 aliphatic rings. The van der Waals surface area contributed by atoms with Crippen molar-refractivity contribution in [2.75, 3.05) is 39.6 Å². The van der Waals surface area contributed by atoms with E-state index in [9.17, 15) is 43.2 Å². The molecule has 0 radical (unpaired) electrons. The third kappa shape index (κ3) is 60.7. The number of hydrogen-bond donors (Lipinski definition) is 3. The van der Waals surface area contributed by atoms with Crippen molar-refractivity contribution < 1.29 is 80.2 Å². The molecule has 3 N–H and O–H groups in total. The number of aliphatic hydroxyl groups is 1. The Morgan fingerprint density at radius 3 is 0.800 bits per heavy atom. The lowest BCUT2D eigenvalue weighted by Crippen LogP contribution is -2.30. The summed E-state index contributed by atoms with van der Waals surface area (Å²) in [6.45, 7) is 9.47. The Kier molecular flexibility index (Phi) is 57.1. The predicted octanol–water partition coefficient (Wildman–Crippen LogP) is 18.4. The number of phosphoric ester groups is 2. The van der Waals surface area contributed by atoms with Gasteiger partial charge >= 0.3 is 39.5 Å². The summed E-state index contributed by atoms with van der Waals surface area (Å²) in [4.78, 5) is 72.3. The largest absolute Gasteiger partial charge is 0.472 e. The maximum absolute atomic E-state index is 13.0. The van der Waals surface area contributed by atoms with E-state index in [1.807, 2.05) is 0 Å². The number of aliphatic hydroxyl groups excluding tert-OH is 1. The molecule has 0 bridgehead atoms. The number of rotatable bonds is 65. The predicted molar refractivity (Wildman–Crippen MR) is 340 cm³/mol. The third-order valence-electron chi connectivity index (χ3n) is 15.2. The monoisotopic (exact) mass is 1250 g/mol. The van der Waals surface area contributed by atoms with Gasteiger partial charge in [-0.2, -0.15) is 0 Å². The number of ether oxygens (including phenoxy) is 4. The van der Waals surface area contributed by atoms with Gasteiger partial charge in [-0.05, 0) is 37.5 Å². The van der Waals surface area contributed by atoms with E-state index < -0.39 is 97.5 Å². The second kappa shape index (κ2) is 58.4. The zero-order chi connectivity index (χ0) is 62.9. The van der Waals surface area contributed by atoms with Crippen LogP contribution in [0.2, 0.25) is 0 Å². The molecule has 0 saturated carbocycles. The van der Waals surface area contributed by atoms with Gasteiger partial charge in [0, 0.05) is 25.7 Å². The highest BCUT2D eigenvalue weighted by Crippen LogP contribution is 2.45. The Labute approximate surface area is 517 Å². The van der Waals surface area contributed by atoms with Gasteiger partial charge in [-0.25, -0.2) is 9.13 Å². The number of esters is 4. The molecule has 17 nitrogen and oxygen atoms in total. The van der Waals surface area contributed by atoms with Crippen LogP contribution in [0, 0.1) is 11.8 Å². The van der Waals surface area contributed by atoms with Gasteiger partial charge in [-0.3, -0.25) is 37.3 Å². The molecule has 0 aliphatic carbocycles. The fourth-order valence-electron chi connectivity index (χ4n) is 9.88. The molecule has 5 atom stereocenters. The lowest BCUT2D eigenvalue weighted by Gasteiger charge is -2.21. The second-order valence-electron chi connectivity index (χ2n) is 24.8. The highest BCUT2D eigenvalue weighted by Gasteiger charge is 2.30. The van der Waals surface area contributed by atoms with Crippen LogP contribution in [0.3, 0.4) is 0 Å². The first-order valence-electron chi connectivity index (χ1n) is 34.5. The van der Waals surface area contributed by atoms with Gasteiger partial charge in [0.15, 0.2) is 12.2 Å². The Hall–Kier alpha value is -1.94. The Morgan fingerprint density at radius 2 is 0.541 bits per heavy atom. The molecule has 0 heterocycles. The van der Waals surface area contributed by atoms with Gasteiger partial charge in [0.25, 0.3) is 0 Å². The van der Waals surface area contributed by atoms with E-state index in [0.717, 1.165) is 102 Å². The lowest BCUT2D eigenvalue weighted by atomic mass is 10.0. The Balaban J connectivity index is 5.24. The van der Waals surface area contributed by atoms with Crippen LogP contribution in [0.5, 0.6) is 0 Å². The summed E-state index contributed by atoms with van der Waals surface area (Å²) in [5.74, 6) is -0.634. The van der Waals surface area contributed by atoms with Crippen molar-refractivity contribution in [3.63, 3.8) is 0 Å².